The first kappa shape index (κ1) is 12.5. The second-order valence-corrected chi connectivity index (χ2v) is 5.74. The van der Waals surface area contributed by atoms with Crippen LogP contribution in [0.1, 0.15) is 36.9 Å². The van der Waals surface area contributed by atoms with Crippen LogP contribution in [0.3, 0.4) is 0 Å². The van der Waals surface area contributed by atoms with Crippen molar-refractivity contribution in [3.63, 3.8) is 0 Å². The fourth-order valence-corrected chi connectivity index (χ4v) is 3.30. The van der Waals surface area contributed by atoms with E-state index in [1.165, 1.54) is 29.9 Å². The van der Waals surface area contributed by atoms with Crippen molar-refractivity contribution in [2.24, 2.45) is 0 Å². The average molecular weight is 246 g/mol. The fourth-order valence-electron chi connectivity index (χ4n) is 2.19. The van der Waals surface area contributed by atoms with Gasteiger partial charge in [-0.2, -0.15) is 17.0 Å². The fraction of sp³-hybridized carbons (Fsp3) is 0.500. The molecule has 17 heavy (non-hydrogen) atoms. The lowest BCUT2D eigenvalue weighted by Gasteiger charge is -2.26. The van der Waals surface area contributed by atoms with Crippen LogP contribution in [-0.2, 0) is 0 Å². The highest BCUT2D eigenvalue weighted by atomic mass is 32.2. The molecule has 0 saturated carbocycles. The van der Waals surface area contributed by atoms with Crippen LogP contribution in [0.4, 0.5) is 0 Å². The minimum Gasteiger partial charge on any atom is -0.307 e. The van der Waals surface area contributed by atoms with Gasteiger partial charge in [-0.3, -0.25) is 0 Å². The quantitative estimate of drug-likeness (QED) is 0.890. The summed E-state index contributed by atoms with van der Waals surface area (Å²) >= 11 is 2.04. The molecular weight excluding hydrogens is 228 g/mol. The smallest absolute Gasteiger partial charge is 0.0991 e. The van der Waals surface area contributed by atoms with E-state index in [0.717, 1.165) is 5.56 Å². The van der Waals surface area contributed by atoms with Crippen molar-refractivity contribution >= 4 is 11.8 Å². The van der Waals surface area contributed by atoms with E-state index in [-0.39, 0.29) is 0 Å². The van der Waals surface area contributed by atoms with E-state index in [2.05, 4.69) is 24.4 Å². The van der Waals surface area contributed by atoms with Crippen LogP contribution < -0.4 is 5.32 Å². The van der Waals surface area contributed by atoms with E-state index in [4.69, 9.17) is 5.26 Å². The Morgan fingerprint density at radius 1 is 1.41 bits per heavy atom. The Bertz CT molecular complexity index is 405. The topological polar surface area (TPSA) is 35.8 Å². The van der Waals surface area contributed by atoms with Gasteiger partial charge < -0.3 is 5.32 Å². The van der Waals surface area contributed by atoms with Crippen LogP contribution in [0.15, 0.2) is 24.3 Å². The number of rotatable bonds is 3. The van der Waals surface area contributed by atoms with Crippen molar-refractivity contribution in [2.75, 3.05) is 11.5 Å². The lowest BCUT2D eigenvalue weighted by atomic mass is 10.0. The highest BCUT2D eigenvalue weighted by molar-refractivity contribution is 7.99. The zero-order valence-electron chi connectivity index (χ0n) is 10.1. The monoisotopic (exact) mass is 246 g/mol. The summed E-state index contributed by atoms with van der Waals surface area (Å²) in [7, 11) is 0. The van der Waals surface area contributed by atoms with Crippen molar-refractivity contribution in [1.82, 2.24) is 5.32 Å². The molecule has 0 amide bonds. The van der Waals surface area contributed by atoms with Crippen LogP contribution >= 0.6 is 11.8 Å². The molecular formula is C14H18N2S. The predicted molar refractivity (Wildman–Crippen MR) is 73.1 cm³/mol. The summed E-state index contributed by atoms with van der Waals surface area (Å²) in [6.07, 6.45) is 2.51. The highest BCUT2D eigenvalue weighted by Crippen LogP contribution is 2.21. The molecule has 0 bridgehead atoms. The van der Waals surface area contributed by atoms with Gasteiger partial charge in [0.05, 0.1) is 11.6 Å². The van der Waals surface area contributed by atoms with Gasteiger partial charge in [0, 0.05) is 12.1 Å². The molecule has 1 saturated heterocycles. The molecule has 1 aromatic rings. The van der Waals surface area contributed by atoms with Gasteiger partial charge in [0.2, 0.25) is 0 Å². The maximum atomic E-state index is 8.89. The predicted octanol–water partition coefficient (Wildman–Crippen LogP) is 3.10. The third-order valence-corrected chi connectivity index (χ3v) is 4.27. The molecule has 0 aliphatic carbocycles. The summed E-state index contributed by atoms with van der Waals surface area (Å²) in [6, 6.07) is 11.1. The molecule has 1 atom stereocenters. The van der Waals surface area contributed by atoms with E-state index in [1.807, 2.05) is 30.0 Å². The molecule has 90 valence electrons. The van der Waals surface area contributed by atoms with Crippen molar-refractivity contribution in [3.05, 3.63) is 35.4 Å². The molecule has 1 unspecified atom stereocenters. The molecule has 0 aromatic heterocycles. The molecule has 1 aromatic carbocycles. The molecule has 3 heteroatoms. The van der Waals surface area contributed by atoms with Gasteiger partial charge in [0.15, 0.2) is 0 Å². The molecule has 1 aliphatic rings. The standard InChI is InChI=1S/C14H18N2S/c1-11(16-14-5-7-17-8-6-14)13-4-2-3-12(9-13)10-15/h2-4,9,11,14,16H,5-8H2,1H3. The summed E-state index contributed by atoms with van der Waals surface area (Å²) in [4.78, 5) is 0. The lowest BCUT2D eigenvalue weighted by molar-refractivity contribution is 0.431. The first-order valence-corrected chi connectivity index (χ1v) is 7.29. The average Bonchev–Trinajstić information content (AvgIpc) is 2.40. The van der Waals surface area contributed by atoms with E-state index >= 15 is 0 Å². The third kappa shape index (κ3) is 3.49. The van der Waals surface area contributed by atoms with Crippen LogP contribution in [0, 0.1) is 11.3 Å². The molecule has 1 heterocycles. The number of nitriles is 1. The van der Waals surface area contributed by atoms with Gasteiger partial charge in [-0.15, -0.1) is 0 Å². The zero-order chi connectivity index (χ0) is 12.1. The lowest BCUT2D eigenvalue weighted by Crippen LogP contribution is -2.34. The van der Waals surface area contributed by atoms with E-state index in [9.17, 15) is 0 Å². The number of hydrogen-bond acceptors (Lipinski definition) is 3. The van der Waals surface area contributed by atoms with Gasteiger partial charge in [-0.05, 0) is 49.0 Å². The van der Waals surface area contributed by atoms with Gasteiger partial charge in [-0.1, -0.05) is 12.1 Å². The van der Waals surface area contributed by atoms with Crippen LogP contribution in [-0.4, -0.2) is 17.5 Å². The third-order valence-electron chi connectivity index (χ3n) is 3.22. The summed E-state index contributed by atoms with van der Waals surface area (Å²) in [5.74, 6) is 2.53. The van der Waals surface area contributed by atoms with Gasteiger partial charge in [-0.25, -0.2) is 0 Å². The highest BCUT2D eigenvalue weighted by Gasteiger charge is 2.16. The van der Waals surface area contributed by atoms with Crippen molar-refractivity contribution in [3.8, 4) is 6.07 Å². The number of thioether (sulfide) groups is 1. The Labute approximate surface area is 107 Å². The number of hydrogen-bond donors (Lipinski definition) is 1. The summed E-state index contributed by atoms with van der Waals surface area (Å²) in [6.45, 7) is 2.18. The van der Waals surface area contributed by atoms with Crippen LogP contribution in [0.5, 0.6) is 0 Å². The number of nitrogens with one attached hydrogen (secondary N) is 1. The largest absolute Gasteiger partial charge is 0.307 e. The Morgan fingerprint density at radius 2 is 2.18 bits per heavy atom. The number of benzene rings is 1. The van der Waals surface area contributed by atoms with Gasteiger partial charge in [0.25, 0.3) is 0 Å². The van der Waals surface area contributed by atoms with E-state index in [0.29, 0.717) is 12.1 Å². The first-order valence-electron chi connectivity index (χ1n) is 6.13. The van der Waals surface area contributed by atoms with Crippen molar-refractivity contribution in [1.29, 1.82) is 5.26 Å². The minimum atomic E-state index is 0.330. The number of nitrogens with zero attached hydrogens (tertiary/aromatic N) is 1. The Balaban J connectivity index is 1.98. The summed E-state index contributed by atoms with van der Waals surface area (Å²) < 4.78 is 0. The zero-order valence-corrected chi connectivity index (χ0v) is 11.0. The molecule has 2 rings (SSSR count). The maximum Gasteiger partial charge on any atom is 0.0991 e. The molecule has 1 N–H and O–H groups in total. The summed E-state index contributed by atoms with van der Waals surface area (Å²) in [5, 5.41) is 12.6. The van der Waals surface area contributed by atoms with Gasteiger partial charge >= 0.3 is 0 Å². The van der Waals surface area contributed by atoms with Crippen molar-refractivity contribution in [2.45, 2.75) is 31.8 Å². The second kappa shape index (κ2) is 6.09. The Kier molecular flexibility index (Phi) is 4.47. The SMILES string of the molecule is CC(NC1CCSCC1)c1cccc(C#N)c1. The minimum absolute atomic E-state index is 0.330. The second-order valence-electron chi connectivity index (χ2n) is 4.51. The molecule has 0 spiro atoms. The van der Waals surface area contributed by atoms with E-state index < -0.39 is 0 Å². The molecule has 0 radical (unpaired) electrons. The maximum absolute atomic E-state index is 8.89. The molecule has 2 nitrogen and oxygen atoms in total. The normalized spacial score (nSPS) is 18.6. The first-order chi connectivity index (χ1) is 8.29. The van der Waals surface area contributed by atoms with E-state index in [1.54, 1.807) is 0 Å². The van der Waals surface area contributed by atoms with Gasteiger partial charge in [0.1, 0.15) is 0 Å². The molecule has 1 aliphatic heterocycles. The Morgan fingerprint density at radius 3 is 2.88 bits per heavy atom. The molecule has 1 fully saturated rings. The summed E-state index contributed by atoms with van der Waals surface area (Å²) in [5.41, 5.74) is 1.96. The van der Waals surface area contributed by atoms with Crippen molar-refractivity contribution < 1.29 is 0 Å². The van der Waals surface area contributed by atoms with Crippen LogP contribution in [0.2, 0.25) is 0 Å². The van der Waals surface area contributed by atoms with Crippen LogP contribution in [0.25, 0.3) is 0 Å². The Hall–Kier alpha value is -0.980.